The SMILES string of the molecule is CCC(C)P(=O)(O)OC(C)(C)CC1O[C@@H](n2ccc3c(N)ncnc32)[C@H](O)[C@@H]1O. The van der Waals surface area contributed by atoms with Gasteiger partial charge in [0.15, 0.2) is 6.23 Å². The predicted octanol–water partition coefficient (Wildman–Crippen LogP) is 1.80. The molecule has 1 aliphatic rings. The first-order chi connectivity index (χ1) is 13.5. The largest absolute Gasteiger partial charge is 0.388 e. The number of aromatic nitrogens is 3. The van der Waals surface area contributed by atoms with Gasteiger partial charge in [-0.15, -0.1) is 0 Å². The Balaban J connectivity index is 1.79. The molecule has 0 aromatic carbocycles. The highest BCUT2D eigenvalue weighted by Crippen LogP contribution is 2.53. The van der Waals surface area contributed by atoms with Crippen molar-refractivity contribution in [2.45, 2.75) is 76.3 Å². The van der Waals surface area contributed by atoms with Gasteiger partial charge in [0, 0.05) is 12.6 Å². The van der Waals surface area contributed by atoms with Gasteiger partial charge >= 0.3 is 7.60 Å². The summed E-state index contributed by atoms with van der Waals surface area (Å²) >= 11 is 0. The molecule has 0 aliphatic carbocycles. The second kappa shape index (κ2) is 7.94. The minimum atomic E-state index is -3.83. The van der Waals surface area contributed by atoms with E-state index in [0.717, 1.165) is 0 Å². The highest BCUT2D eigenvalue weighted by Gasteiger charge is 2.47. The zero-order chi connectivity index (χ0) is 21.6. The van der Waals surface area contributed by atoms with E-state index in [1.807, 2.05) is 6.92 Å². The Hall–Kier alpha value is -1.55. The molecule has 3 rings (SSSR count). The summed E-state index contributed by atoms with van der Waals surface area (Å²) in [6, 6.07) is 1.71. The molecule has 162 valence electrons. The third-order valence-electron chi connectivity index (χ3n) is 5.37. The Morgan fingerprint density at radius 1 is 1.38 bits per heavy atom. The maximum Gasteiger partial charge on any atom is 0.331 e. The van der Waals surface area contributed by atoms with Gasteiger partial charge in [0.1, 0.15) is 30.0 Å². The van der Waals surface area contributed by atoms with Crippen molar-refractivity contribution in [3.8, 4) is 0 Å². The van der Waals surface area contributed by atoms with Crippen molar-refractivity contribution in [2.75, 3.05) is 5.73 Å². The average molecular weight is 428 g/mol. The van der Waals surface area contributed by atoms with Crippen LogP contribution in [-0.2, 0) is 13.8 Å². The number of nitrogen functional groups attached to an aromatic ring is 1. The molecule has 5 N–H and O–H groups in total. The Bertz CT molecular complexity index is 919. The summed E-state index contributed by atoms with van der Waals surface area (Å²) in [5.41, 5.74) is 4.76. The van der Waals surface area contributed by atoms with Crippen LogP contribution in [0.3, 0.4) is 0 Å². The van der Waals surface area contributed by atoms with E-state index in [1.165, 1.54) is 6.33 Å². The van der Waals surface area contributed by atoms with Crippen LogP contribution in [0.15, 0.2) is 18.6 Å². The van der Waals surface area contributed by atoms with Gasteiger partial charge in [0.25, 0.3) is 0 Å². The molecule has 0 saturated carbocycles. The molecular formula is C18H29N4O6P. The Morgan fingerprint density at radius 2 is 2.07 bits per heavy atom. The van der Waals surface area contributed by atoms with Gasteiger partial charge in [0.05, 0.1) is 22.8 Å². The average Bonchev–Trinajstić information content (AvgIpc) is 3.17. The second-order valence-electron chi connectivity index (χ2n) is 8.14. The van der Waals surface area contributed by atoms with Crippen LogP contribution in [0.1, 0.15) is 46.8 Å². The fourth-order valence-electron chi connectivity index (χ4n) is 3.52. The number of hydrogen-bond donors (Lipinski definition) is 4. The molecule has 11 heteroatoms. The van der Waals surface area contributed by atoms with Crippen molar-refractivity contribution in [2.24, 2.45) is 0 Å². The molecule has 10 nitrogen and oxygen atoms in total. The van der Waals surface area contributed by atoms with Gasteiger partial charge in [-0.2, -0.15) is 0 Å². The molecule has 6 atom stereocenters. The molecule has 1 saturated heterocycles. The molecule has 1 fully saturated rings. The van der Waals surface area contributed by atoms with Crippen molar-refractivity contribution in [1.29, 1.82) is 0 Å². The normalized spacial score (nSPS) is 28.5. The molecule has 3 heterocycles. The monoisotopic (exact) mass is 428 g/mol. The molecule has 2 aromatic heterocycles. The lowest BCUT2D eigenvalue weighted by molar-refractivity contribution is -0.0603. The van der Waals surface area contributed by atoms with Crippen LogP contribution in [0.4, 0.5) is 5.82 Å². The summed E-state index contributed by atoms with van der Waals surface area (Å²) in [6.07, 6.45) is -0.553. The number of nitrogens with two attached hydrogens (primary N) is 1. The molecular weight excluding hydrogens is 399 g/mol. The van der Waals surface area contributed by atoms with Crippen LogP contribution >= 0.6 is 7.60 Å². The van der Waals surface area contributed by atoms with Crippen LogP contribution in [-0.4, -0.2) is 59.2 Å². The lowest BCUT2D eigenvalue weighted by Crippen LogP contribution is -2.37. The molecule has 0 radical (unpaired) electrons. The summed E-state index contributed by atoms with van der Waals surface area (Å²) < 4.78 is 25.5. The molecule has 0 spiro atoms. The lowest BCUT2D eigenvalue weighted by atomic mass is 9.97. The van der Waals surface area contributed by atoms with E-state index in [9.17, 15) is 19.7 Å². The predicted molar refractivity (Wildman–Crippen MR) is 107 cm³/mol. The highest BCUT2D eigenvalue weighted by atomic mass is 31.2. The lowest BCUT2D eigenvalue weighted by Gasteiger charge is -2.32. The van der Waals surface area contributed by atoms with Crippen LogP contribution in [0.5, 0.6) is 0 Å². The first-order valence-corrected chi connectivity index (χ1v) is 11.2. The maximum atomic E-state index is 12.5. The minimum Gasteiger partial charge on any atom is -0.388 e. The van der Waals surface area contributed by atoms with E-state index in [-0.39, 0.29) is 6.42 Å². The summed E-state index contributed by atoms with van der Waals surface area (Å²) in [5, 5.41) is 21.7. The first-order valence-electron chi connectivity index (χ1n) is 9.58. The Kier molecular flexibility index (Phi) is 6.06. The summed E-state index contributed by atoms with van der Waals surface area (Å²) in [5.74, 6) is 0.302. The number of ether oxygens (including phenoxy) is 1. The van der Waals surface area contributed by atoms with Gasteiger partial charge in [-0.1, -0.05) is 13.8 Å². The third-order valence-corrected chi connectivity index (χ3v) is 7.60. The number of nitrogens with zero attached hydrogens (tertiary/aromatic N) is 3. The van der Waals surface area contributed by atoms with E-state index in [1.54, 1.807) is 37.6 Å². The van der Waals surface area contributed by atoms with E-state index < -0.39 is 43.4 Å². The standard InChI is InChI=1S/C18H29N4O6P/c1-5-10(2)29(25,26)28-18(3,4)8-12-13(23)14(24)17(27-12)22-7-6-11-15(19)20-9-21-16(11)22/h6-7,9-10,12-14,17,23-24H,5,8H2,1-4H3,(H,25,26)(H2,19,20,21)/t10?,12?,13-,14-,17-/m1/s1. The van der Waals surface area contributed by atoms with Crippen molar-refractivity contribution in [1.82, 2.24) is 14.5 Å². The van der Waals surface area contributed by atoms with Crippen molar-refractivity contribution < 1.29 is 28.9 Å². The number of rotatable bonds is 7. The second-order valence-corrected chi connectivity index (χ2v) is 10.3. The fourth-order valence-corrected chi connectivity index (χ4v) is 4.94. The van der Waals surface area contributed by atoms with Crippen molar-refractivity contribution in [3.63, 3.8) is 0 Å². The summed E-state index contributed by atoms with van der Waals surface area (Å²) in [4.78, 5) is 18.3. The molecule has 0 amide bonds. The first kappa shape index (κ1) is 22.1. The molecule has 2 aromatic rings. The van der Waals surface area contributed by atoms with Crippen LogP contribution < -0.4 is 5.73 Å². The van der Waals surface area contributed by atoms with Crippen LogP contribution in [0, 0.1) is 0 Å². The minimum absolute atomic E-state index is 0.110. The fraction of sp³-hybridized carbons (Fsp3) is 0.667. The Morgan fingerprint density at radius 3 is 2.72 bits per heavy atom. The van der Waals surface area contributed by atoms with E-state index in [0.29, 0.717) is 23.3 Å². The van der Waals surface area contributed by atoms with Gasteiger partial charge in [0.2, 0.25) is 0 Å². The van der Waals surface area contributed by atoms with Crippen LogP contribution in [0.2, 0.25) is 0 Å². The van der Waals surface area contributed by atoms with Gasteiger partial charge in [-0.05, 0) is 26.3 Å². The topological polar surface area (TPSA) is 153 Å². The molecule has 3 unspecified atom stereocenters. The van der Waals surface area contributed by atoms with Gasteiger partial charge < -0.3 is 34.7 Å². The third kappa shape index (κ3) is 4.33. The zero-order valence-corrected chi connectivity index (χ0v) is 17.9. The summed E-state index contributed by atoms with van der Waals surface area (Å²) in [7, 11) is -3.83. The number of aliphatic hydroxyl groups is 2. The molecule has 0 bridgehead atoms. The number of hydrogen-bond acceptors (Lipinski definition) is 8. The van der Waals surface area contributed by atoms with Gasteiger partial charge in [-0.3, -0.25) is 4.57 Å². The maximum absolute atomic E-state index is 12.5. The quantitative estimate of drug-likeness (QED) is 0.483. The number of fused-ring (bicyclic) bond motifs is 1. The van der Waals surface area contributed by atoms with E-state index in [4.69, 9.17) is 15.0 Å². The number of anilines is 1. The van der Waals surface area contributed by atoms with Crippen LogP contribution in [0.25, 0.3) is 11.0 Å². The smallest absolute Gasteiger partial charge is 0.331 e. The molecule has 29 heavy (non-hydrogen) atoms. The summed E-state index contributed by atoms with van der Waals surface area (Å²) in [6.45, 7) is 6.79. The zero-order valence-electron chi connectivity index (χ0n) is 17.0. The van der Waals surface area contributed by atoms with Crippen molar-refractivity contribution in [3.05, 3.63) is 18.6 Å². The molecule has 1 aliphatic heterocycles. The van der Waals surface area contributed by atoms with Crippen molar-refractivity contribution >= 4 is 24.4 Å². The highest BCUT2D eigenvalue weighted by molar-refractivity contribution is 7.53. The number of aliphatic hydroxyl groups excluding tert-OH is 2. The Labute approximate surface area is 169 Å². The van der Waals surface area contributed by atoms with E-state index in [2.05, 4.69) is 9.97 Å². The van der Waals surface area contributed by atoms with Gasteiger partial charge in [-0.25, -0.2) is 9.97 Å². The van der Waals surface area contributed by atoms with E-state index >= 15 is 0 Å².